The molecule has 0 aromatic carbocycles. The van der Waals surface area contributed by atoms with Crippen molar-refractivity contribution in [3.63, 3.8) is 0 Å². The smallest absolute Gasteiger partial charge is 0.180 e. The van der Waals surface area contributed by atoms with E-state index in [0.717, 1.165) is 18.1 Å². The Morgan fingerprint density at radius 3 is 2.92 bits per heavy atom. The van der Waals surface area contributed by atoms with Gasteiger partial charge in [0.15, 0.2) is 5.13 Å². The molecule has 0 unspecified atom stereocenters. The number of nitrogen functional groups attached to an aromatic ring is 1. The van der Waals surface area contributed by atoms with E-state index in [2.05, 4.69) is 24.0 Å². The van der Waals surface area contributed by atoms with E-state index in [4.69, 9.17) is 5.73 Å². The minimum absolute atomic E-state index is 0.670. The highest BCUT2D eigenvalue weighted by Gasteiger charge is 1.98. The third-order valence-corrected chi connectivity index (χ3v) is 3.49. The minimum atomic E-state index is 0.670. The lowest BCUT2D eigenvalue weighted by Crippen LogP contribution is -2.14. The van der Waals surface area contributed by atoms with Crippen LogP contribution >= 0.6 is 23.1 Å². The van der Waals surface area contributed by atoms with Gasteiger partial charge in [0, 0.05) is 29.1 Å². The average Bonchev–Trinajstić information content (AvgIpc) is 2.45. The fourth-order valence-electron chi connectivity index (χ4n) is 0.809. The van der Waals surface area contributed by atoms with E-state index in [9.17, 15) is 0 Å². The maximum Gasteiger partial charge on any atom is 0.180 e. The molecule has 0 saturated heterocycles. The Labute approximate surface area is 87.3 Å². The fourth-order valence-corrected chi connectivity index (χ4v) is 2.69. The second-order valence-electron chi connectivity index (χ2n) is 3.02. The first-order valence-corrected chi connectivity index (χ1v) is 6.08. The largest absolute Gasteiger partial charge is 0.375 e. The number of hydrogen-bond acceptors (Lipinski definition) is 5. The molecule has 0 aliphatic heterocycles. The lowest BCUT2D eigenvalue weighted by molar-refractivity contribution is 0.437. The van der Waals surface area contributed by atoms with Gasteiger partial charge in [0.2, 0.25) is 0 Å². The van der Waals surface area contributed by atoms with E-state index in [1.165, 1.54) is 4.88 Å². The van der Waals surface area contributed by atoms with E-state index < -0.39 is 0 Å². The van der Waals surface area contributed by atoms with Crippen LogP contribution in [-0.4, -0.2) is 36.3 Å². The van der Waals surface area contributed by atoms with Crippen LogP contribution in [0.15, 0.2) is 6.20 Å². The van der Waals surface area contributed by atoms with Gasteiger partial charge in [-0.05, 0) is 14.1 Å². The summed E-state index contributed by atoms with van der Waals surface area (Å²) in [6.07, 6.45) is 1.86. The monoisotopic (exact) mass is 217 g/mol. The molecular formula is C8H15N3S2. The van der Waals surface area contributed by atoms with E-state index >= 15 is 0 Å². The van der Waals surface area contributed by atoms with Crippen molar-refractivity contribution in [2.45, 2.75) is 5.75 Å². The van der Waals surface area contributed by atoms with Crippen LogP contribution in [0.25, 0.3) is 0 Å². The van der Waals surface area contributed by atoms with Gasteiger partial charge in [-0.1, -0.05) is 0 Å². The number of nitrogens with two attached hydrogens (primary N) is 1. The fraction of sp³-hybridized carbons (Fsp3) is 0.625. The molecule has 0 aliphatic carbocycles. The zero-order valence-electron chi connectivity index (χ0n) is 7.99. The number of thiazole rings is 1. The molecule has 0 amide bonds. The summed E-state index contributed by atoms with van der Waals surface area (Å²) in [6.45, 7) is 1.12. The van der Waals surface area contributed by atoms with E-state index in [-0.39, 0.29) is 0 Å². The van der Waals surface area contributed by atoms with E-state index in [0.29, 0.717) is 5.13 Å². The van der Waals surface area contributed by atoms with Gasteiger partial charge in [-0.15, -0.1) is 11.3 Å². The van der Waals surface area contributed by atoms with Crippen LogP contribution in [0.5, 0.6) is 0 Å². The number of nitrogens with zero attached hydrogens (tertiary/aromatic N) is 2. The molecule has 0 atom stereocenters. The molecule has 3 nitrogen and oxygen atoms in total. The van der Waals surface area contributed by atoms with Crippen molar-refractivity contribution in [2.24, 2.45) is 0 Å². The average molecular weight is 217 g/mol. The Hall–Kier alpha value is -0.260. The predicted molar refractivity (Wildman–Crippen MR) is 61.2 cm³/mol. The summed E-state index contributed by atoms with van der Waals surface area (Å²) in [5.74, 6) is 2.19. The molecule has 0 fully saturated rings. The highest BCUT2D eigenvalue weighted by Crippen LogP contribution is 2.19. The SMILES string of the molecule is CN(C)CCSCc1cnc(N)s1. The number of hydrogen-bond donors (Lipinski definition) is 1. The normalized spacial score (nSPS) is 11.0. The zero-order valence-corrected chi connectivity index (χ0v) is 9.62. The van der Waals surface area contributed by atoms with Crippen LogP contribution in [0.2, 0.25) is 0 Å². The topological polar surface area (TPSA) is 42.2 Å². The van der Waals surface area contributed by atoms with E-state index in [1.54, 1.807) is 11.3 Å². The van der Waals surface area contributed by atoms with Gasteiger partial charge in [-0.25, -0.2) is 4.98 Å². The van der Waals surface area contributed by atoms with Crippen molar-refractivity contribution in [2.75, 3.05) is 32.1 Å². The van der Waals surface area contributed by atoms with Crippen molar-refractivity contribution in [1.82, 2.24) is 9.88 Å². The van der Waals surface area contributed by atoms with Gasteiger partial charge in [0.25, 0.3) is 0 Å². The Balaban J connectivity index is 2.13. The summed E-state index contributed by atoms with van der Waals surface area (Å²) >= 11 is 3.50. The van der Waals surface area contributed by atoms with Gasteiger partial charge in [0.1, 0.15) is 0 Å². The molecule has 1 aromatic heterocycles. The van der Waals surface area contributed by atoms with E-state index in [1.807, 2.05) is 18.0 Å². The number of aromatic nitrogens is 1. The lowest BCUT2D eigenvalue weighted by atomic mass is 10.6. The van der Waals surface area contributed by atoms with Crippen molar-refractivity contribution in [3.05, 3.63) is 11.1 Å². The summed E-state index contributed by atoms with van der Waals surface area (Å²) in [5.41, 5.74) is 5.52. The maximum absolute atomic E-state index is 5.52. The highest BCUT2D eigenvalue weighted by molar-refractivity contribution is 7.98. The van der Waals surface area contributed by atoms with Crippen molar-refractivity contribution in [1.29, 1.82) is 0 Å². The second-order valence-corrected chi connectivity index (χ2v) is 5.27. The summed E-state index contributed by atoms with van der Waals surface area (Å²) in [5, 5.41) is 0.670. The van der Waals surface area contributed by atoms with Gasteiger partial charge >= 0.3 is 0 Å². The molecule has 0 spiro atoms. The van der Waals surface area contributed by atoms with Gasteiger partial charge in [0.05, 0.1) is 0 Å². The summed E-state index contributed by atoms with van der Waals surface area (Å²) < 4.78 is 0. The van der Waals surface area contributed by atoms with Crippen LogP contribution in [0.1, 0.15) is 4.88 Å². The molecule has 0 bridgehead atoms. The Bertz CT molecular complexity index is 247. The molecule has 74 valence electrons. The first-order valence-electron chi connectivity index (χ1n) is 4.11. The molecular weight excluding hydrogens is 202 g/mol. The standard InChI is InChI=1S/C8H15N3S2/c1-11(2)3-4-12-6-7-5-10-8(9)13-7/h5H,3-4,6H2,1-2H3,(H2,9,10). The summed E-state index contributed by atoms with van der Waals surface area (Å²) in [6, 6.07) is 0. The first-order chi connectivity index (χ1) is 6.18. The highest BCUT2D eigenvalue weighted by atomic mass is 32.2. The maximum atomic E-state index is 5.52. The lowest BCUT2D eigenvalue weighted by Gasteiger charge is -2.07. The van der Waals surface area contributed by atoms with Crippen molar-refractivity contribution in [3.8, 4) is 0 Å². The Kier molecular flexibility index (Phi) is 4.55. The number of rotatable bonds is 5. The third kappa shape index (κ3) is 4.50. The summed E-state index contributed by atoms with van der Waals surface area (Å²) in [4.78, 5) is 7.46. The van der Waals surface area contributed by atoms with Crippen LogP contribution in [-0.2, 0) is 5.75 Å². The molecule has 0 aliphatic rings. The minimum Gasteiger partial charge on any atom is -0.375 e. The van der Waals surface area contributed by atoms with Crippen LogP contribution in [0, 0.1) is 0 Å². The Morgan fingerprint density at radius 2 is 2.38 bits per heavy atom. The predicted octanol–water partition coefficient (Wildman–Crippen LogP) is 1.52. The van der Waals surface area contributed by atoms with Gasteiger partial charge < -0.3 is 10.6 Å². The van der Waals surface area contributed by atoms with Gasteiger partial charge in [-0.2, -0.15) is 11.8 Å². The second kappa shape index (κ2) is 5.47. The quantitative estimate of drug-likeness (QED) is 0.759. The molecule has 1 heterocycles. The third-order valence-electron chi connectivity index (χ3n) is 1.50. The summed E-state index contributed by atoms with van der Waals surface area (Å²) in [7, 11) is 4.18. The number of anilines is 1. The van der Waals surface area contributed by atoms with Crippen molar-refractivity contribution < 1.29 is 0 Å². The Morgan fingerprint density at radius 1 is 1.62 bits per heavy atom. The van der Waals surface area contributed by atoms with Crippen LogP contribution in [0.4, 0.5) is 5.13 Å². The molecule has 0 radical (unpaired) electrons. The van der Waals surface area contributed by atoms with Crippen LogP contribution < -0.4 is 5.73 Å². The number of thioether (sulfide) groups is 1. The van der Waals surface area contributed by atoms with Crippen LogP contribution in [0.3, 0.4) is 0 Å². The van der Waals surface area contributed by atoms with Crippen molar-refractivity contribution >= 4 is 28.2 Å². The van der Waals surface area contributed by atoms with Gasteiger partial charge in [-0.3, -0.25) is 0 Å². The molecule has 13 heavy (non-hydrogen) atoms. The molecule has 1 aromatic rings. The molecule has 2 N–H and O–H groups in total. The molecule has 0 saturated carbocycles. The molecule has 1 rings (SSSR count). The first kappa shape index (κ1) is 10.8. The molecule has 5 heteroatoms. The zero-order chi connectivity index (χ0) is 9.68.